The molecule has 4 heterocycles. The molecule has 0 bridgehead atoms. The maximum atomic E-state index is 13.1. The molecular weight excluding hydrogens is 399 g/mol. The van der Waals surface area contributed by atoms with E-state index in [0.29, 0.717) is 24.6 Å². The van der Waals surface area contributed by atoms with Crippen LogP contribution in [0.15, 0.2) is 49.1 Å². The van der Waals surface area contributed by atoms with Gasteiger partial charge in [0, 0.05) is 31.5 Å². The number of alkyl halides is 3. The van der Waals surface area contributed by atoms with Crippen LogP contribution in [0, 0.1) is 0 Å². The highest BCUT2D eigenvalue weighted by Crippen LogP contribution is 2.29. The fraction of sp³-hybridized carbons (Fsp3) is 0.316. The number of pyridine rings is 2. The second-order valence-electron chi connectivity index (χ2n) is 6.85. The predicted octanol–water partition coefficient (Wildman–Crippen LogP) is 2.79. The minimum Gasteiger partial charge on any atom is -0.366 e. The summed E-state index contributed by atoms with van der Waals surface area (Å²) in [6.07, 6.45) is 2.44. The van der Waals surface area contributed by atoms with Crippen LogP contribution in [-0.2, 0) is 6.18 Å². The number of nitrogens with zero attached hydrogens (tertiary/aromatic N) is 6. The van der Waals surface area contributed by atoms with Crippen LogP contribution in [0.5, 0.6) is 0 Å². The highest BCUT2D eigenvalue weighted by Gasteiger charge is 2.31. The largest absolute Gasteiger partial charge is 0.417 e. The van der Waals surface area contributed by atoms with Gasteiger partial charge in [0.2, 0.25) is 0 Å². The molecule has 4 rings (SSSR count). The molecule has 1 unspecified atom stereocenters. The van der Waals surface area contributed by atoms with E-state index in [4.69, 9.17) is 0 Å². The lowest BCUT2D eigenvalue weighted by molar-refractivity contribution is -0.137. The fourth-order valence-electron chi connectivity index (χ4n) is 3.35. The van der Waals surface area contributed by atoms with Crippen LogP contribution in [-0.4, -0.2) is 54.9 Å². The summed E-state index contributed by atoms with van der Waals surface area (Å²) in [5.41, 5.74) is -0.0857. The highest BCUT2D eigenvalue weighted by atomic mass is 19.4. The summed E-state index contributed by atoms with van der Waals surface area (Å²) < 4.78 is 38.1. The zero-order valence-corrected chi connectivity index (χ0v) is 15.8. The molecular formula is C19H18F3N7O. The number of halogens is 3. The van der Waals surface area contributed by atoms with E-state index in [9.17, 15) is 18.0 Å². The van der Waals surface area contributed by atoms with Gasteiger partial charge < -0.3 is 10.2 Å². The van der Waals surface area contributed by atoms with Gasteiger partial charge in [0.15, 0.2) is 5.69 Å². The van der Waals surface area contributed by atoms with Crippen molar-refractivity contribution in [1.82, 2.24) is 29.9 Å². The van der Waals surface area contributed by atoms with Crippen molar-refractivity contribution < 1.29 is 18.0 Å². The molecule has 3 aromatic rings. The molecule has 0 radical (unpaired) electrons. The standard InChI is InChI=1S/C19H18F3N7O/c20-19(21,22)13-5-6-16(24-11-13)27-14-3-2-10-28(12-14)18(30)17-15(4-1-7-23-17)29-25-8-9-26-29/h1,4-9,11,14H,2-3,10,12H2,(H,24,27). The molecule has 1 fully saturated rings. The lowest BCUT2D eigenvalue weighted by Crippen LogP contribution is -2.45. The molecule has 1 amide bonds. The number of rotatable bonds is 4. The Labute approximate surface area is 169 Å². The van der Waals surface area contributed by atoms with Crippen LogP contribution in [0.2, 0.25) is 0 Å². The summed E-state index contributed by atoms with van der Waals surface area (Å²) in [6, 6.07) is 5.56. The Morgan fingerprint density at radius 2 is 1.90 bits per heavy atom. The summed E-state index contributed by atoms with van der Waals surface area (Å²) >= 11 is 0. The van der Waals surface area contributed by atoms with E-state index in [-0.39, 0.29) is 17.6 Å². The van der Waals surface area contributed by atoms with Crippen molar-refractivity contribution in [1.29, 1.82) is 0 Å². The maximum absolute atomic E-state index is 13.1. The van der Waals surface area contributed by atoms with Crippen LogP contribution < -0.4 is 5.32 Å². The van der Waals surface area contributed by atoms with E-state index in [0.717, 1.165) is 25.1 Å². The molecule has 1 saturated heterocycles. The monoisotopic (exact) mass is 417 g/mol. The van der Waals surface area contributed by atoms with Gasteiger partial charge in [-0.3, -0.25) is 4.79 Å². The van der Waals surface area contributed by atoms with Crippen molar-refractivity contribution in [2.75, 3.05) is 18.4 Å². The number of hydrogen-bond donors (Lipinski definition) is 1. The first-order chi connectivity index (χ1) is 14.4. The first kappa shape index (κ1) is 19.8. The highest BCUT2D eigenvalue weighted by molar-refractivity contribution is 5.95. The second kappa shape index (κ2) is 8.09. The Bertz CT molecular complexity index is 1010. The Kier molecular flexibility index (Phi) is 5.34. The summed E-state index contributed by atoms with van der Waals surface area (Å²) in [4.78, 5) is 24.2. The second-order valence-corrected chi connectivity index (χ2v) is 6.85. The fourth-order valence-corrected chi connectivity index (χ4v) is 3.35. The number of likely N-dealkylation sites (tertiary alicyclic amines) is 1. The van der Waals surface area contributed by atoms with Crippen molar-refractivity contribution in [2.45, 2.75) is 25.1 Å². The number of piperidine rings is 1. The molecule has 1 atom stereocenters. The zero-order valence-electron chi connectivity index (χ0n) is 15.8. The van der Waals surface area contributed by atoms with Crippen LogP contribution >= 0.6 is 0 Å². The van der Waals surface area contributed by atoms with Crippen LogP contribution in [0.25, 0.3) is 5.69 Å². The van der Waals surface area contributed by atoms with Gasteiger partial charge in [-0.25, -0.2) is 9.97 Å². The van der Waals surface area contributed by atoms with Gasteiger partial charge in [-0.1, -0.05) is 0 Å². The third kappa shape index (κ3) is 4.24. The van der Waals surface area contributed by atoms with Crippen LogP contribution in [0.1, 0.15) is 28.9 Å². The summed E-state index contributed by atoms with van der Waals surface area (Å²) in [5.74, 6) is 0.0799. The Hall–Kier alpha value is -3.50. The molecule has 30 heavy (non-hydrogen) atoms. The molecule has 0 spiro atoms. The Balaban J connectivity index is 1.46. The minimum absolute atomic E-state index is 0.137. The molecule has 11 heteroatoms. The first-order valence-electron chi connectivity index (χ1n) is 9.32. The lowest BCUT2D eigenvalue weighted by atomic mass is 10.0. The summed E-state index contributed by atoms with van der Waals surface area (Å²) in [6.45, 7) is 0.935. The quantitative estimate of drug-likeness (QED) is 0.702. The molecule has 8 nitrogen and oxygen atoms in total. The zero-order chi connectivity index (χ0) is 21.1. The van der Waals surface area contributed by atoms with Crippen LogP contribution in [0.3, 0.4) is 0 Å². The third-order valence-corrected chi connectivity index (χ3v) is 4.77. The van der Waals surface area contributed by atoms with Crippen molar-refractivity contribution in [2.24, 2.45) is 0 Å². The van der Waals surface area contributed by atoms with E-state index in [1.165, 1.54) is 29.5 Å². The number of hydrogen-bond acceptors (Lipinski definition) is 6. The van der Waals surface area contributed by atoms with Gasteiger partial charge in [-0.15, -0.1) is 4.80 Å². The van der Waals surface area contributed by atoms with Crippen molar-refractivity contribution in [3.8, 4) is 5.69 Å². The van der Waals surface area contributed by atoms with E-state index < -0.39 is 11.7 Å². The molecule has 0 aromatic carbocycles. The van der Waals surface area contributed by atoms with Crippen molar-refractivity contribution in [3.05, 3.63) is 60.3 Å². The van der Waals surface area contributed by atoms with Gasteiger partial charge in [0.05, 0.1) is 18.0 Å². The van der Waals surface area contributed by atoms with Gasteiger partial charge in [0.1, 0.15) is 11.5 Å². The van der Waals surface area contributed by atoms with Gasteiger partial charge >= 0.3 is 6.18 Å². The number of nitrogens with one attached hydrogen (secondary N) is 1. The molecule has 1 N–H and O–H groups in total. The van der Waals surface area contributed by atoms with Crippen molar-refractivity contribution in [3.63, 3.8) is 0 Å². The number of carbonyl (C=O) groups excluding carboxylic acids is 1. The first-order valence-corrected chi connectivity index (χ1v) is 9.32. The topological polar surface area (TPSA) is 88.8 Å². The third-order valence-electron chi connectivity index (χ3n) is 4.77. The normalized spacial score (nSPS) is 17.0. The summed E-state index contributed by atoms with van der Waals surface area (Å²) in [7, 11) is 0. The van der Waals surface area contributed by atoms with Crippen molar-refractivity contribution >= 4 is 11.7 Å². The predicted molar refractivity (Wildman–Crippen MR) is 101 cm³/mol. The summed E-state index contributed by atoms with van der Waals surface area (Å²) in [5, 5.41) is 11.2. The smallest absolute Gasteiger partial charge is 0.366 e. The molecule has 156 valence electrons. The van der Waals surface area contributed by atoms with Gasteiger partial charge in [-0.05, 0) is 37.1 Å². The Morgan fingerprint density at radius 1 is 1.10 bits per heavy atom. The molecule has 3 aromatic heterocycles. The average molecular weight is 417 g/mol. The Morgan fingerprint density at radius 3 is 2.60 bits per heavy atom. The van der Waals surface area contributed by atoms with Gasteiger partial charge in [-0.2, -0.15) is 23.4 Å². The number of aromatic nitrogens is 5. The maximum Gasteiger partial charge on any atom is 0.417 e. The number of anilines is 1. The van der Waals surface area contributed by atoms with E-state index in [1.807, 2.05) is 0 Å². The number of amides is 1. The molecule has 0 saturated carbocycles. The molecule has 1 aliphatic heterocycles. The SMILES string of the molecule is O=C(c1ncccc1-n1nccn1)N1CCCC(Nc2ccc(C(F)(F)F)cn2)C1. The van der Waals surface area contributed by atoms with E-state index in [2.05, 4.69) is 25.5 Å². The number of carbonyl (C=O) groups is 1. The lowest BCUT2D eigenvalue weighted by Gasteiger charge is -2.33. The molecule has 1 aliphatic rings. The van der Waals surface area contributed by atoms with E-state index >= 15 is 0 Å². The van der Waals surface area contributed by atoms with Gasteiger partial charge in [0.25, 0.3) is 5.91 Å². The molecule has 0 aliphatic carbocycles. The minimum atomic E-state index is -4.43. The van der Waals surface area contributed by atoms with Crippen LogP contribution in [0.4, 0.5) is 19.0 Å². The average Bonchev–Trinajstić information content (AvgIpc) is 3.28. The van der Waals surface area contributed by atoms with E-state index in [1.54, 1.807) is 17.0 Å².